The van der Waals surface area contributed by atoms with Crippen LogP contribution >= 0.6 is 11.3 Å². The number of para-hydroxylation sites is 2. The van der Waals surface area contributed by atoms with Crippen molar-refractivity contribution in [3.63, 3.8) is 0 Å². The number of hydrogen-bond acceptors (Lipinski definition) is 4. The van der Waals surface area contributed by atoms with Crippen LogP contribution in [0.25, 0.3) is 97.9 Å². The Balaban J connectivity index is 1.24. The van der Waals surface area contributed by atoms with E-state index in [1.54, 1.807) is 0 Å². The molecule has 0 bridgehead atoms. The van der Waals surface area contributed by atoms with Gasteiger partial charge in [-0.1, -0.05) is 121 Å². The Kier molecular flexibility index (Phi) is 6.05. The summed E-state index contributed by atoms with van der Waals surface area (Å²) < 4.78 is 9.07. The number of furan rings is 1. The second-order valence-corrected chi connectivity index (χ2v) is 13.2. The topological polar surface area (TPSA) is 38.9 Å². The molecular weight excluding hydrogens is 605 g/mol. The minimum Gasteiger partial charge on any atom is -0.436 e. The fraction of sp³-hybridized carbons (Fsp3) is 0. The Morgan fingerprint density at radius 2 is 1.06 bits per heavy atom. The monoisotopic (exact) mass is 630 g/mol. The molecular formula is C44H26N2OS. The van der Waals surface area contributed by atoms with Gasteiger partial charge in [-0.3, -0.25) is 0 Å². The van der Waals surface area contributed by atoms with Gasteiger partial charge in [0.2, 0.25) is 5.71 Å². The predicted octanol–water partition coefficient (Wildman–Crippen LogP) is 12.6. The summed E-state index contributed by atoms with van der Waals surface area (Å²) in [5.74, 6) is 0. The molecule has 0 amide bonds. The van der Waals surface area contributed by atoms with Gasteiger partial charge in [0.05, 0.1) is 11.0 Å². The van der Waals surface area contributed by atoms with E-state index in [1.807, 2.05) is 35.6 Å². The first kappa shape index (κ1) is 27.1. The molecule has 3 nitrogen and oxygen atoms in total. The van der Waals surface area contributed by atoms with Gasteiger partial charge in [-0.15, -0.1) is 11.3 Å². The van der Waals surface area contributed by atoms with Crippen LogP contribution in [0.3, 0.4) is 0 Å². The maximum Gasteiger partial charge on any atom is 0.246 e. The van der Waals surface area contributed by atoms with Crippen LogP contribution in [0.4, 0.5) is 0 Å². The van der Waals surface area contributed by atoms with Gasteiger partial charge in [0.15, 0.2) is 0 Å². The molecule has 0 aliphatic heterocycles. The van der Waals surface area contributed by atoms with Gasteiger partial charge in [0.25, 0.3) is 0 Å². The van der Waals surface area contributed by atoms with Gasteiger partial charge in [-0.05, 0) is 80.9 Å². The lowest BCUT2D eigenvalue weighted by Gasteiger charge is -2.16. The maximum absolute atomic E-state index is 6.46. The third-order valence-corrected chi connectivity index (χ3v) is 10.5. The van der Waals surface area contributed by atoms with Crippen LogP contribution in [-0.4, -0.2) is 9.97 Å². The largest absolute Gasteiger partial charge is 0.436 e. The van der Waals surface area contributed by atoms with Gasteiger partial charge in [-0.2, -0.15) is 0 Å². The summed E-state index contributed by atoms with van der Waals surface area (Å²) in [6.07, 6.45) is 0. The molecule has 0 spiro atoms. The molecule has 0 radical (unpaired) electrons. The molecule has 0 fully saturated rings. The Morgan fingerprint density at radius 3 is 1.94 bits per heavy atom. The third kappa shape index (κ3) is 4.27. The van der Waals surface area contributed by atoms with E-state index in [2.05, 4.69) is 133 Å². The second kappa shape index (κ2) is 10.7. The summed E-state index contributed by atoms with van der Waals surface area (Å²) in [6, 6.07) is 55.9. The SMILES string of the molecule is c1ccc(-c2ccccc2-c2cc3oc4nc5ccccc5nc4c3cc2-c2cccc(-c3cccc4c3sc3ccccc34)c2)cc1. The summed E-state index contributed by atoms with van der Waals surface area (Å²) in [5, 5.41) is 3.56. The lowest BCUT2D eigenvalue weighted by atomic mass is 9.88. The smallest absolute Gasteiger partial charge is 0.246 e. The molecule has 7 aromatic carbocycles. The zero-order valence-electron chi connectivity index (χ0n) is 25.7. The van der Waals surface area contributed by atoms with E-state index in [4.69, 9.17) is 14.4 Å². The fourth-order valence-corrected chi connectivity index (χ4v) is 8.30. The highest BCUT2D eigenvalue weighted by molar-refractivity contribution is 7.26. The Morgan fingerprint density at radius 1 is 0.417 bits per heavy atom. The van der Waals surface area contributed by atoms with Gasteiger partial charge < -0.3 is 4.42 Å². The van der Waals surface area contributed by atoms with Crippen LogP contribution in [0, 0.1) is 0 Å². The van der Waals surface area contributed by atoms with Gasteiger partial charge in [-0.25, -0.2) is 9.97 Å². The van der Waals surface area contributed by atoms with Gasteiger partial charge in [0, 0.05) is 25.6 Å². The minimum atomic E-state index is 0.549. The quantitative estimate of drug-likeness (QED) is 0.194. The normalized spacial score (nSPS) is 11.8. The van der Waals surface area contributed by atoms with Crippen LogP contribution in [0.2, 0.25) is 0 Å². The van der Waals surface area contributed by atoms with E-state index in [0.717, 1.165) is 49.8 Å². The first-order valence-electron chi connectivity index (χ1n) is 16.1. The summed E-state index contributed by atoms with van der Waals surface area (Å²) >= 11 is 1.86. The zero-order chi connectivity index (χ0) is 31.6. The van der Waals surface area contributed by atoms with Crippen LogP contribution in [0.5, 0.6) is 0 Å². The minimum absolute atomic E-state index is 0.549. The summed E-state index contributed by atoms with van der Waals surface area (Å²) in [6.45, 7) is 0. The zero-order valence-corrected chi connectivity index (χ0v) is 26.5. The maximum atomic E-state index is 6.46. The highest BCUT2D eigenvalue weighted by atomic mass is 32.1. The van der Waals surface area contributed by atoms with E-state index in [1.165, 1.54) is 42.4 Å². The standard InChI is InChI=1S/C44H26N2OS/c1-2-12-27(13-3-1)30-16-4-5-17-32(30)36-26-40-37(42-44(47-40)46-39-22-8-7-21-38(39)45-42)25-35(36)29-15-10-14-28(24-29)31-19-11-20-34-33-18-6-9-23-41(33)48-43(31)34/h1-26H. The van der Waals surface area contributed by atoms with Gasteiger partial charge >= 0.3 is 0 Å². The highest BCUT2D eigenvalue weighted by Crippen LogP contribution is 2.44. The fourth-order valence-electron chi connectivity index (χ4n) is 7.06. The number of nitrogens with zero attached hydrogens (tertiary/aromatic N) is 2. The molecule has 0 aliphatic rings. The van der Waals surface area contributed by atoms with Crippen molar-refractivity contribution in [1.82, 2.24) is 9.97 Å². The van der Waals surface area contributed by atoms with Crippen molar-refractivity contribution in [3.8, 4) is 44.5 Å². The average Bonchev–Trinajstić information content (AvgIpc) is 3.71. The van der Waals surface area contributed by atoms with Crippen LogP contribution in [0.15, 0.2) is 162 Å². The molecule has 4 heteroatoms. The molecule has 224 valence electrons. The first-order chi connectivity index (χ1) is 23.8. The Bertz CT molecular complexity index is 2850. The Labute approximate surface area is 280 Å². The molecule has 0 saturated carbocycles. The molecule has 0 N–H and O–H groups in total. The highest BCUT2D eigenvalue weighted by Gasteiger charge is 2.20. The van der Waals surface area contributed by atoms with Crippen molar-refractivity contribution in [1.29, 1.82) is 0 Å². The van der Waals surface area contributed by atoms with E-state index in [9.17, 15) is 0 Å². The first-order valence-corrected chi connectivity index (χ1v) is 16.9. The van der Waals surface area contributed by atoms with E-state index in [0.29, 0.717) is 5.71 Å². The molecule has 0 aliphatic carbocycles. The molecule has 10 aromatic rings. The number of benzene rings is 7. The molecule has 48 heavy (non-hydrogen) atoms. The Hall–Kier alpha value is -6.10. The number of rotatable bonds is 4. The van der Waals surface area contributed by atoms with Crippen molar-refractivity contribution >= 4 is 64.7 Å². The lowest BCUT2D eigenvalue weighted by Crippen LogP contribution is -1.90. The predicted molar refractivity (Wildman–Crippen MR) is 201 cm³/mol. The number of hydrogen-bond donors (Lipinski definition) is 0. The number of aromatic nitrogens is 2. The molecule has 10 rings (SSSR count). The van der Waals surface area contributed by atoms with Gasteiger partial charge in [0.1, 0.15) is 11.1 Å². The van der Waals surface area contributed by atoms with E-state index >= 15 is 0 Å². The van der Waals surface area contributed by atoms with Crippen LogP contribution in [-0.2, 0) is 0 Å². The molecule has 3 heterocycles. The van der Waals surface area contributed by atoms with Crippen molar-refractivity contribution < 1.29 is 4.42 Å². The summed E-state index contributed by atoms with van der Waals surface area (Å²) in [5.41, 5.74) is 13.0. The van der Waals surface area contributed by atoms with Crippen LogP contribution in [0.1, 0.15) is 0 Å². The third-order valence-electron chi connectivity index (χ3n) is 9.31. The number of thiophene rings is 1. The molecule has 0 saturated heterocycles. The second-order valence-electron chi connectivity index (χ2n) is 12.1. The molecule has 0 atom stereocenters. The van der Waals surface area contributed by atoms with Crippen molar-refractivity contribution in [2.45, 2.75) is 0 Å². The summed E-state index contributed by atoms with van der Waals surface area (Å²) in [7, 11) is 0. The lowest BCUT2D eigenvalue weighted by molar-refractivity contribution is 0.655. The van der Waals surface area contributed by atoms with Crippen LogP contribution < -0.4 is 0 Å². The van der Waals surface area contributed by atoms with E-state index in [-0.39, 0.29) is 0 Å². The van der Waals surface area contributed by atoms with Crippen molar-refractivity contribution in [3.05, 3.63) is 158 Å². The van der Waals surface area contributed by atoms with Crippen molar-refractivity contribution in [2.24, 2.45) is 0 Å². The average molecular weight is 631 g/mol. The number of fused-ring (bicyclic) bond motifs is 7. The molecule has 3 aromatic heterocycles. The van der Waals surface area contributed by atoms with Crippen molar-refractivity contribution in [2.75, 3.05) is 0 Å². The summed E-state index contributed by atoms with van der Waals surface area (Å²) in [4.78, 5) is 9.89. The van der Waals surface area contributed by atoms with E-state index < -0.39 is 0 Å². The molecule has 0 unspecified atom stereocenters.